The first-order valence-electron chi connectivity index (χ1n) is 13.9. The van der Waals surface area contributed by atoms with Crippen LogP contribution in [0, 0.1) is 0 Å². The van der Waals surface area contributed by atoms with Gasteiger partial charge in [-0.2, -0.15) is 0 Å². The second-order valence-corrected chi connectivity index (χ2v) is 11.5. The summed E-state index contributed by atoms with van der Waals surface area (Å²) in [4.78, 5) is 15.1. The van der Waals surface area contributed by atoms with E-state index in [0.29, 0.717) is 17.5 Å². The molecule has 9 aromatic rings. The van der Waals surface area contributed by atoms with Crippen molar-refractivity contribution in [1.82, 2.24) is 15.0 Å². The molecule has 0 spiro atoms. The fourth-order valence-electron chi connectivity index (χ4n) is 5.87. The van der Waals surface area contributed by atoms with Gasteiger partial charge in [0.05, 0.1) is 0 Å². The number of fused-ring (bicyclic) bond motifs is 7. The van der Waals surface area contributed by atoms with E-state index >= 15 is 0 Å². The Morgan fingerprint density at radius 3 is 2.02 bits per heavy atom. The number of thiophene rings is 1. The summed E-state index contributed by atoms with van der Waals surface area (Å²) < 4.78 is 8.69. The maximum absolute atomic E-state index is 6.26. The van der Waals surface area contributed by atoms with E-state index in [4.69, 9.17) is 19.4 Å². The molecule has 0 aliphatic heterocycles. The first kappa shape index (κ1) is 23.3. The number of aromatic nitrogens is 3. The Bertz CT molecular complexity index is 2480. The van der Waals surface area contributed by atoms with E-state index in [1.165, 1.54) is 25.6 Å². The summed E-state index contributed by atoms with van der Waals surface area (Å²) in [6.45, 7) is 0. The van der Waals surface area contributed by atoms with Gasteiger partial charge >= 0.3 is 0 Å². The van der Waals surface area contributed by atoms with Gasteiger partial charge in [-0.3, -0.25) is 0 Å². The summed E-state index contributed by atoms with van der Waals surface area (Å²) in [5, 5.41) is 6.94. The van der Waals surface area contributed by atoms with E-state index < -0.39 is 0 Å². The van der Waals surface area contributed by atoms with Crippen LogP contribution in [0.15, 0.2) is 132 Å². The topological polar surface area (TPSA) is 51.8 Å². The van der Waals surface area contributed by atoms with Gasteiger partial charge in [0.15, 0.2) is 17.5 Å². The zero-order valence-electron chi connectivity index (χ0n) is 22.3. The van der Waals surface area contributed by atoms with Gasteiger partial charge in [0.2, 0.25) is 0 Å². The van der Waals surface area contributed by atoms with E-state index in [2.05, 4.69) is 84.9 Å². The molecule has 0 unspecified atom stereocenters. The summed E-state index contributed by atoms with van der Waals surface area (Å²) in [7, 11) is 0. The number of hydrogen-bond acceptors (Lipinski definition) is 5. The van der Waals surface area contributed by atoms with Gasteiger partial charge < -0.3 is 4.42 Å². The molecule has 0 N–H and O–H groups in total. The third-order valence-electron chi connectivity index (χ3n) is 7.91. The molecule has 3 heterocycles. The van der Waals surface area contributed by atoms with E-state index in [9.17, 15) is 0 Å². The second kappa shape index (κ2) is 9.06. The van der Waals surface area contributed by atoms with Crippen LogP contribution in [0.5, 0.6) is 0 Å². The standard InChI is InChI=1S/C37H21N3OS/c1-2-9-22(10-3-1)35-38-36(40-37(39-35)28-15-8-14-27-26-13-6-7-16-33(26)42-34(27)28)25-17-18-31-29(20-25)30-19-23-11-4-5-12-24(23)21-32(30)41-31/h1-21H. The van der Waals surface area contributed by atoms with Crippen LogP contribution in [0.4, 0.5) is 0 Å². The fraction of sp³-hybridized carbons (Fsp3) is 0. The van der Waals surface area contributed by atoms with Crippen molar-refractivity contribution < 1.29 is 4.42 Å². The third-order valence-corrected chi connectivity index (χ3v) is 9.13. The highest BCUT2D eigenvalue weighted by molar-refractivity contribution is 7.26. The molecule has 6 aromatic carbocycles. The molecule has 0 saturated heterocycles. The predicted octanol–water partition coefficient (Wildman–Crippen LogP) is 10.3. The maximum Gasteiger partial charge on any atom is 0.165 e. The highest BCUT2D eigenvalue weighted by atomic mass is 32.1. The molecule has 0 saturated carbocycles. The first-order chi connectivity index (χ1) is 20.8. The molecule has 42 heavy (non-hydrogen) atoms. The minimum absolute atomic E-state index is 0.633. The number of furan rings is 1. The van der Waals surface area contributed by atoms with Gasteiger partial charge in [-0.25, -0.2) is 15.0 Å². The lowest BCUT2D eigenvalue weighted by Crippen LogP contribution is -2.00. The van der Waals surface area contributed by atoms with Crippen LogP contribution in [0.2, 0.25) is 0 Å². The van der Waals surface area contributed by atoms with Crippen LogP contribution < -0.4 is 0 Å². The molecule has 9 rings (SSSR count). The Morgan fingerprint density at radius 1 is 0.452 bits per heavy atom. The van der Waals surface area contributed by atoms with Crippen LogP contribution in [0.3, 0.4) is 0 Å². The molecule has 0 fully saturated rings. The van der Waals surface area contributed by atoms with Gasteiger partial charge in [0.1, 0.15) is 11.2 Å². The van der Waals surface area contributed by atoms with E-state index in [1.54, 1.807) is 11.3 Å². The summed E-state index contributed by atoms with van der Waals surface area (Å²) in [5.41, 5.74) is 4.60. The van der Waals surface area contributed by atoms with Crippen molar-refractivity contribution >= 4 is 64.2 Å². The van der Waals surface area contributed by atoms with Crippen molar-refractivity contribution in [1.29, 1.82) is 0 Å². The van der Waals surface area contributed by atoms with E-state index in [-0.39, 0.29) is 0 Å². The smallest absolute Gasteiger partial charge is 0.165 e. The van der Waals surface area contributed by atoms with Crippen LogP contribution in [0.25, 0.3) is 87.0 Å². The Morgan fingerprint density at radius 2 is 1.14 bits per heavy atom. The minimum atomic E-state index is 0.633. The Kier molecular flexibility index (Phi) is 5.03. The third kappa shape index (κ3) is 3.64. The molecule has 196 valence electrons. The zero-order chi connectivity index (χ0) is 27.6. The molecule has 0 aliphatic carbocycles. The lowest BCUT2D eigenvalue weighted by atomic mass is 10.0. The van der Waals surface area contributed by atoms with Gasteiger partial charge in [-0.1, -0.05) is 84.9 Å². The van der Waals surface area contributed by atoms with Crippen molar-refractivity contribution in [2.75, 3.05) is 0 Å². The SMILES string of the molecule is c1ccc(-c2nc(-c3ccc4oc5cc6ccccc6cc5c4c3)nc(-c3cccc4c3sc3ccccc34)n2)cc1. The van der Waals surface area contributed by atoms with Crippen molar-refractivity contribution in [3.05, 3.63) is 127 Å². The summed E-state index contributed by atoms with van der Waals surface area (Å²) in [6, 6.07) is 43.9. The highest BCUT2D eigenvalue weighted by Crippen LogP contribution is 2.40. The molecule has 3 aromatic heterocycles. The lowest BCUT2D eigenvalue weighted by Gasteiger charge is -2.09. The van der Waals surface area contributed by atoms with Crippen LogP contribution in [-0.4, -0.2) is 15.0 Å². The quantitative estimate of drug-likeness (QED) is 0.218. The summed E-state index contributed by atoms with van der Waals surface area (Å²) in [5.74, 6) is 1.95. The molecule has 4 nitrogen and oxygen atoms in total. The molecular formula is C37H21N3OS. The number of rotatable bonds is 3. The summed E-state index contributed by atoms with van der Waals surface area (Å²) >= 11 is 1.78. The minimum Gasteiger partial charge on any atom is -0.456 e. The Labute approximate surface area is 244 Å². The van der Waals surface area contributed by atoms with Crippen LogP contribution in [-0.2, 0) is 0 Å². The van der Waals surface area contributed by atoms with Gasteiger partial charge in [0.25, 0.3) is 0 Å². The van der Waals surface area contributed by atoms with Crippen molar-refractivity contribution in [2.24, 2.45) is 0 Å². The molecule has 0 radical (unpaired) electrons. The Hall–Kier alpha value is -5.39. The van der Waals surface area contributed by atoms with Gasteiger partial charge in [-0.05, 0) is 53.2 Å². The molecule has 0 aliphatic rings. The molecule has 5 heteroatoms. The number of hydrogen-bond donors (Lipinski definition) is 0. The average Bonchev–Trinajstić information content (AvgIpc) is 3.61. The fourth-order valence-corrected chi connectivity index (χ4v) is 7.08. The first-order valence-corrected chi connectivity index (χ1v) is 14.7. The predicted molar refractivity (Wildman–Crippen MR) is 174 cm³/mol. The Balaban J connectivity index is 1.29. The van der Waals surface area contributed by atoms with Crippen LogP contribution in [0.1, 0.15) is 0 Å². The summed E-state index contributed by atoms with van der Waals surface area (Å²) in [6.07, 6.45) is 0. The van der Waals surface area contributed by atoms with E-state index in [1.807, 2.05) is 42.5 Å². The van der Waals surface area contributed by atoms with Gasteiger partial charge in [-0.15, -0.1) is 11.3 Å². The largest absolute Gasteiger partial charge is 0.456 e. The second-order valence-electron chi connectivity index (χ2n) is 10.5. The highest BCUT2D eigenvalue weighted by Gasteiger charge is 2.17. The van der Waals surface area contributed by atoms with Crippen molar-refractivity contribution in [3.8, 4) is 34.2 Å². The van der Waals surface area contributed by atoms with Crippen LogP contribution >= 0.6 is 11.3 Å². The lowest BCUT2D eigenvalue weighted by molar-refractivity contribution is 0.669. The maximum atomic E-state index is 6.26. The zero-order valence-corrected chi connectivity index (χ0v) is 23.1. The monoisotopic (exact) mass is 555 g/mol. The average molecular weight is 556 g/mol. The number of nitrogens with zero attached hydrogens (tertiary/aromatic N) is 3. The normalized spacial score (nSPS) is 11.8. The number of benzene rings is 6. The molecule has 0 amide bonds. The molecule has 0 atom stereocenters. The van der Waals surface area contributed by atoms with Crippen molar-refractivity contribution in [2.45, 2.75) is 0 Å². The van der Waals surface area contributed by atoms with Crippen molar-refractivity contribution in [3.63, 3.8) is 0 Å². The molecular weight excluding hydrogens is 534 g/mol. The van der Waals surface area contributed by atoms with Gasteiger partial charge in [0, 0.05) is 47.6 Å². The van der Waals surface area contributed by atoms with E-state index in [0.717, 1.165) is 44.0 Å². The molecule has 0 bridgehead atoms.